The molecule has 1 N–H and O–H groups in total. The first-order chi connectivity index (χ1) is 11.5. The number of amides is 1. The van der Waals surface area contributed by atoms with Crippen LogP contribution in [0.3, 0.4) is 0 Å². The van der Waals surface area contributed by atoms with Crippen LogP contribution in [0.25, 0.3) is 0 Å². The van der Waals surface area contributed by atoms with Gasteiger partial charge in [0.2, 0.25) is 5.91 Å². The Hall–Kier alpha value is -2.28. The van der Waals surface area contributed by atoms with Crippen molar-refractivity contribution in [3.63, 3.8) is 0 Å². The molecule has 0 bridgehead atoms. The molecule has 0 aromatic carbocycles. The van der Waals surface area contributed by atoms with Gasteiger partial charge < -0.3 is 5.32 Å². The van der Waals surface area contributed by atoms with E-state index in [1.165, 1.54) is 18.2 Å². The zero-order valence-corrected chi connectivity index (χ0v) is 14.5. The number of rotatable bonds is 5. The summed E-state index contributed by atoms with van der Waals surface area (Å²) in [6.07, 6.45) is 5.93. The van der Waals surface area contributed by atoms with E-state index in [0.717, 1.165) is 37.4 Å². The number of aromatic nitrogens is 4. The minimum absolute atomic E-state index is 0.0512. The Morgan fingerprint density at radius 3 is 3.00 bits per heavy atom. The molecule has 1 atom stereocenters. The molecule has 0 radical (unpaired) electrons. The molecule has 1 amide bonds. The zero-order valence-electron chi connectivity index (χ0n) is 14.5. The Morgan fingerprint density at radius 2 is 2.29 bits per heavy atom. The van der Waals surface area contributed by atoms with Crippen molar-refractivity contribution in [2.45, 2.75) is 45.8 Å². The second kappa shape index (κ2) is 7.09. The lowest BCUT2D eigenvalue weighted by Gasteiger charge is -2.23. The van der Waals surface area contributed by atoms with Crippen molar-refractivity contribution in [2.24, 2.45) is 7.05 Å². The van der Waals surface area contributed by atoms with Crippen molar-refractivity contribution in [2.75, 3.05) is 6.54 Å². The van der Waals surface area contributed by atoms with Crippen LogP contribution < -0.4 is 5.32 Å². The van der Waals surface area contributed by atoms with E-state index in [9.17, 15) is 4.79 Å². The summed E-state index contributed by atoms with van der Waals surface area (Å²) in [6, 6.07) is 2.08. The highest BCUT2D eigenvalue weighted by atomic mass is 16.1. The van der Waals surface area contributed by atoms with Crippen molar-refractivity contribution in [3.05, 3.63) is 41.2 Å². The van der Waals surface area contributed by atoms with Crippen molar-refractivity contribution in [1.82, 2.24) is 30.0 Å². The molecular formula is C17H24N6O. The summed E-state index contributed by atoms with van der Waals surface area (Å²) >= 11 is 0. The number of aryl methyl sites for hydroxylation is 1. The number of nitrogens with one attached hydrogen (secondary N) is 1. The Kier molecular flexibility index (Phi) is 4.89. The molecule has 1 aliphatic rings. The molecule has 1 saturated heterocycles. The van der Waals surface area contributed by atoms with Crippen molar-refractivity contribution >= 4 is 5.91 Å². The summed E-state index contributed by atoms with van der Waals surface area (Å²) in [4.78, 5) is 22.6. The normalized spacial score (nSPS) is 18.0. The molecular weight excluding hydrogens is 304 g/mol. The SMILES string of the molecule is CC(=O)NCc1ccnc([C@H]2CCCN2Cc2cnn(C)c2C)n1. The predicted molar refractivity (Wildman–Crippen MR) is 89.9 cm³/mol. The van der Waals surface area contributed by atoms with Gasteiger partial charge in [0.25, 0.3) is 0 Å². The maximum atomic E-state index is 11.1. The summed E-state index contributed by atoms with van der Waals surface area (Å²) in [5.41, 5.74) is 3.29. The molecule has 7 nitrogen and oxygen atoms in total. The minimum Gasteiger partial charge on any atom is -0.351 e. The van der Waals surface area contributed by atoms with Gasteiger partial charge in [-0.3, -0.25) is 14.4 Å². The Bertz CT molecular complexity index is 726. The van der Waals surface area contributed by atoms with Crippen molar-refractivity contribution in [1.29, 1.82) is 0 Å². The van der Waals surface area contributed by atoms with Crippen LogP contribution >= 0.6 is 0 Å². The molecule has 2 aromatic heterocycles. The predicted octanol–water partition coefficient (Wildman–Crippen LogP) is 1.49. The maximum absolute atomic E-state index is 11.1. The van der Waals surface area contributed by atoms with Gasteiger partial charge in [-0.05, 0) is 32.4 Å². The molecule has 1 fully saturated rings. The molecule has 0 aliphatic carbocycles. The maximum Gasteiger partial charge on any atom is 0.217 e. The molecule has 2 aromatic rings. The van der Waals surface area contributed by atoms with E-state index < -0.39 is 0 Å². The van der Waals surface area contributed by atoms with Crippen LogP contribution in [-0.2, 0) is 24.9 Å². The lowest BCUT2D eigenvalue weighted by Crippen LogP contribution is -2.25. The number of nitrogens with zero attached hydrogens (tertiary/aromatic N) is 5. The Morgan fingerprint density at radius 1 is 1.46 bits per heavy atom. The number of carbonyl (C=O) groups is 1. The van der Waals surface area contributed by atoms with Crippen LogP contribution in [0.15, 0.2) is 18.5 Å². The minimum atomic E-state index is -0.0512. The highest BCUT2D eigenvalue weighted by Gasteiger charge is 2.29. The second-order valence-corrected chi connectivity index (χ2v) is 6.32. The average Bonchev–Trinajstić information content (AvgIpc) is 3.15. The molecule has 0 saturated carbocycles. The summed E-state index contributed by atoms with van der Waals surface area (Å²) in [7, 11) is 1.97. The number of carbonyl (C=O) groups excluding carboxylic acids is 1. The zero-order chi connectivity index (χ0) is 17.1. The van der Waals surface area contributed by atoms with Gasteiger partial charge in [0.1, 0.15) is 5.82 Å². The lowest BCUT2D eigenvalue weighted by atomic mass is 10.2. The van der Waals surface area contributed by atoms with Gasteiger partial charge in [-0.25, -0.2) is 9.97 Å². The Balaban J connectivity index is 1.74. The van der Waals surface area contributed by atoms with Gasteiger partial charge >= 0.3 is 0 Å². The van der Waals surface area contributed by atoms with Crippen LogP contribution in [0.2, 0.25) is 0 Å². The van der Waals surface area contributed by atoms with Crippen molar-refractivity contribution in [3.8, 4) is 0 Å². The fourth-order valence-electron chi connectivity index (χ4n) is 3.11. The van der Waals surface area contributed by atoms with E-state index in [4.69, 9.17) is 0 Å². The first-order valence-corrected chi connectivity index (χ1v) is 8.32. The monoisotopic (exact) mass is 328 g/mol. The van der Waals surface area contributed by atoms with Crippen LogP contribution in [0.4, 0.5) is 0 Å². The van der Waals surface area contributed by atoms with Crippen LogP contribution in [0, 0.1) is 6.92 Å². The van der Waals surface area contributed by atoms with Gasteiger partial charge in [-0.2, -0.15) is 5.10 Å². The van der Waals surface area contributed by atoms with Gasteiger partial charge in [-0.15, -0.1) is 0 Å². The quantitative estimate of drug-likeness (QED) is 0.900. The number of hydrogen-bond donors (Lipinski definition) is 1. The second-order valence-electron chi connectivity index (χ2n) is 6.32. The van der Waals surface area contributed by atoms with E-state index in [1.807, 2.05) is 24.0 Å². The van der Waals surface area contributed by atoms with Gasteiger partial charge in [0.05, 0.1) is 24.5 Å². The van der Waals surface area contributed by atoms with E-state index in [2.05, 4.69) is 32.2 Å². The summed E-state index contributed by atoms with van der Waals surface area (Å²) in [6.45, 7) is 5.95. The van der Waals surface area contributed by atoms with Gasteiger partial charge in [0.15, 0.2) is 0 Å². The topological polar surface area (TPSA) is 75.9 Å². The molecule has 128 valence electrons. The van der Waals surface area contributed by atoms with E-state index in [0.29, 0.717) is 6.54 Å². The standard InChI is InChI=1S/C17H24N6O/c1-12-14(9-20-22(12)3)11-23-8-4-5-16(23)17-18-7-6-15(21-17)10-19-13(2)24/h6-7,9,16H,4-5,8,10-11H2,1-3H3,(H,19,24)/t16-/m1/s1. The largest absolute Gasteiger partial charge is 0.351 e. The van der Waals surface area contributed by atoms with Gasteiger partial charge in [-0.1, -0.05) is 0 Å². The summed E-state index contributed by atoms with van der Waals surface area (Å²) in [5.74, 6) is 0.793. The van der Waals surface area contributed by atoms with E-state index in [-0.39, 0.29) is 11.9 Å². The number of hydrogen-bond acceptors (Lipinski definition) is 5. The molecule has 3 rings (SSSR count). The molecule has 0 unspecified atom stereocenters. The highest BCUT2D eigenvalue weighted by Crippen LogP contribution is 2.31. The third-order valence-electron chi connectivity index (χ3n) is 4.62. The third kappa shape index (κ3) is 3.62. The average molecular weight is 328 g/mol. The van der Waals surface area contributed by atoms with Crippen LogP contribution in [-0.4, -0.2) is 37.1 Å². The fourth-order valence-corrected chi connectivity index (χ4v) is 3.11. The van der Waals surface area contributed by atoms with E-state index in [1.54, 1.807) is 6.20 Å². The molecule has 24 heavy (non-hydrogen) atoms. The van der Waals surface area contributed by atoms with Gasteiger partial charge in [0, 0.05) is 38.0 Å². The Labute approximate surface area is 142 Å². The number of likely N-dealkylation sites (tertiary alicyclic amines) is 1. The van der Waals surface area contributed by atoms with Crippen molar-refractivity contribution < 1.29 is 4.79 Å². The first-order valence-electron chi connectivity index (χ1n) is 8.32. The third-order valence-corrected chi connectivity index (χ3v) is 4.62. The smallest absolute Gasteiger partial charge is 0.217 e. The van der Waals surface area contributed by atoms with Crippen LogP contribution in [0.1, 0.15) is 48.6 Å². The highest BCUT2D eigenvalue weighted by molar-refractivity contribution is 5.72. The molecule has 3 heterocycles. The summed E-state index contributed by atoms with van der Waals surface area (Å²) in [5, 5.41) is 7.12. The fraction of sp³-hybridized carbons (Fsp3) is 0.529. The molecule has 1 aliphatic heterocycles. The van der Waals surface area contributed by atoms with E-state index >= 15 is 0 Å². The van der Waals surface area contributed by atoms with Crippen LogP contribution in [0.5, 0.6) is 0 Å². The lowest BCUT2D eigenvalue weighted by molar-refractivity contribution is -0.119. The molecule has 7 heteroatoms. The first kappa shape index (κ1) is 16.6. The summed E-state index contributed by atoms with van der Waals surface area (Å²) < 4.78 is 1.91. The molecule has 0 spiro atoms.